The van der Waals surface area contributed by atoms with Gasteiger partial charge in [-0.15, -0.1) is 0 Å². The molecular weight excluding hydrogens is 366 g/mol. The average molecular weight is 378 g/mol. The second-order valence-electron chi connectivity index (χ2n) is 4.54. The zero-order valence-electron chi connectivity index (χ0n) is 10.9. The maximum atomic E-state index is 12.3. The number of cyclic esters (lactones) is 1. The van der Waals surface area contributed by atoms with E-state index in [9.17, 15) is 18.0 Å². The average Bonchev–Trinajstić information content (AvgIpc) is 2.77. The maximum absolute atomic E-state index is 12.3. The number of hydrogen-bond donors (Lipinski definition) is 2. The van der Waals surface area contributed by atoms with Crippen molar-refractivity contribution in [2.75, 3.05) is 6.61 Å². The molecule has 0 amide bonds. The van der Waals surface area contributed by atoms with E-state index in [0.717, 1.165) is 6.07 Å². The monoisotopic (exact) mass is 377 g/mol. The fraction of sp³-hybridized carbons (Fsp3) is 0.333. The Balaban J connectivity index is 2.44. The quantitative estimate of drug-likeness (QED) is 0.758. The molecule has 0 aromatic heterocycles. The van der Waals surface area contributed by atoms with Gasteiger partial charge in [0, 0.05) is 10.9 Å². The van der Waals surface area contributed by atoms with E-state index >= 15 is 0 Å². The van der Waals surface area contributed by atoms with E-state index in [4.69, 9.17) is 9.84 Å². The number of carbonyl (C=O) groups excluding carboxylic acids is 1. The second kappa shape index (κ2) is 5.74. The molecule has 1 fully saturated rings. The van der Waals surface area contributed by atoms with Crippen LogP contribution < -0.4 is 4.72 Å². The first-order valence-electron chi connectivity index (χ1n) is 5.95. The van der Waals surface area contributed by atoms with Crippen molar-refractivity contribution in [2.45, 2.75) is 24.3 Å². The van der Waals surface area contributed by atoms with E-state index in [-0.39, 0.29) is 28.0 Å². The lowest BCUT2D eigenvalue weighted by molar-refractivity contribution is -0.139. The van der Waals surface area contributed by atoms with E-state index in [1.54, 1.807) is 6.92 Å². The van der Waals surface area contributed by atoms with Gasteiger partial charge in [0.25, 0.3) is 0 Å². The largest absolute Gasteiger partial charge is 0.478 e. The van der Waals surface area contributed by atoms with Crippen LogP contribution in [0.15, 0.2) is 21.5 Å². The molecule has 1 atom stereocenters. The van der Waals surface area contributed by atoms with Crippen molar-refractivity contribution in [3.8, 4) is 0 Å². The van der Waals surface area contributed by atoms with Crippen LogP contribution in [0.2, 0.25) is 0 Å². The lowest BCUT2D eigenvalue weighted by atomic mass is 10.1. The number of hydrogen-bond acceptors (Lipinski definition) is 5. The Morgan fingerprint density at radius 1 is 1.48 bits per heavy atom. The van der Waals surface area contributed by atoms with Crippen molar-refractivity contribution in [1.82, 2.24) is 4.72 Å². The molecule has 7 nitrogen and oxygen atoms in total. The summed E-state index contributed by atoms with van der Waals surface area (Å²) in [4.78, 5) is 22.2. The molecule has 0 bridgehead atoms. The van der Waals surface area contributed by atoms with E-state index in [2.05, 4.69) is 20.7 Å². The molecule has 2 N–H and O–H groups in total. The van der Waals surface area contributed by atoms with Gasteiger partial charge in [0.2, 0.25) is 10.0 Å². The standard InChI is InChI=1S/C12H12BrNO6S/c1-6-4-7(11(15)16)5-9(10(6)13)21(18,19)14-8-2-3-20-12(8)17/h4-5,8,14H,2-3H2,1H3,(H,15,16). The van der Waals surface area contributed by atoms with Crippen LogP contribution in [0.1, 0.15) is 22.3 Å². The number of ether oxygens (including phenoxy) is 1. The van der Waals surface area contributed by atoms with Crippen LogP contribution in [-0.4, -0.2) is 38.1 Å². The first-order chi connectivity index (χ1) is 9.72. The van der Waals surface area contributed by atoms with Gasteiger partial charge in [0.15, 0.2) is 0 Å². The zero-order valence-corrected chi connectivity index (χ0v) is 13.3. The second-order valence-corrected chi connectivity index (χ2v) is 7.02. The number of carbonyl (C=O) groups is 2. The third-order valence-electron chi connectivity index (χ3n) is 2.99. The highest BCUT2D eigenvalue weighted by molar-refractivity contribution is 9.10. The molecule has 1 unspecified atom stereocenters. The van der Waals surface area contributed by atoms with Gasteiger partial charge in [-0.05, 0) is 40.5 Å². The smallest absolute Gasteiger partial charge is 0.335 e. The summed E-state index contributed by atoms with van der Waals surface area (Å²) >= 11 is 3.14. The maximum Gasteiger partial charge on any atom is 0.335 e. The van der Waals surface area contributed by atoms with Crippen molar-refractivity contribution in [2.24, 2.45) is 0 Å². The Hall–Kier alpha value is -1.45. The Morgan fingerprint density at radius 3 is 2.67 bits per heavy atom. The summed E-state index contributed by atoms with van der Waals surface area (Å²) in [6, 6.07) is 1.45. The summed E-state index contributed by atoms with van der Waals surface area (Å²) in [5.41, 5.74) is 0.314. The van der Waals surface area contributed by atoms with Crippen LogP contribution in [-0.2, 0) is 19.6 Å². The van der Waals surface area contributed by atoms with Gasteiger partial charge in [-0.2, -0.15) is 4.72 Å². The van der Waals surface area contributed by atoms with Crippen LogP contribution in [0.4, 0.5) is 0 Å². The molecule has 1 aliphatic heterocycles. The van der Waals surface area contributed by atoms with Crippen molar-refractivity contribution in [3.63, 3.8) is 0 Å². The first kappa shape index (κ1) is 15.9. The van der Waals surface area contributed by atoms with Crippen LogP contribution in [0, 0.1) is 6.92 Å². The molecule has 0 aliphatic carbocycles. The summed E-state index contributed by atoms with van der Waals surface area (Å²) in [6.07, 6.45) is 0.243. The minimum absolute atomic E-state index is 0.148. The van der Waals surface area contributed by atoms with Gasteiger partial charge < -0.3 is 9.84 Å². The van der Waals surface area contributed by atoms with Crippen molar-refractivity contribution in [1.29, 1.82) is 0 Å². The van der Waals surface area contributed by atoms with Gasteiger partial charge in [0.05, 0.1) is 17.1 Å². The first-order valence-corrected chi connectivity index (χ1v) is 8.22. The minimum atomic E-state index is -4.05. The molecule has 1 aromatic carbocycles. The number of esters is 1. The van der Waals surface area contributed by atoms with Crippen molar-refractivity contribution >= 4 is 37.9 Å². The molecule has 1 saturated heterocycles. The molecule has 21 heavy (non-hydrogen) atoms. The number of nitrogens with one attached hydrogen (secondary N) is 1. The van der Waals surface area contributed by atoms with Crippen molar-refractivity contribution in [3.05, 3.63) is 27.7 Å². The van der Waals surface area contributed by atoms with E-state index < -0.39 is 28.0 Å². The highest BCUT2D eigenvalue weighted by Gasteiger charge is 2.32. The van der Waals surface area contributed by atoms with Gasteiger partial charge in [-0.1, -0.05) is 0 Å². The number of benzene rings is 1. The number of aromatic carboxylic acids is 1. The van der Waals surface area contributed by atoms with E-state index in [1.165, 1.54) is 6.07 Å². The highest BCUT2D eigenvalue weighted by atomic mass is 79.9. The Labute approximate surface area is 129 Å². The third kappa shape index (κ3) is 3.25. The molecule has 9 heteroatoms. The normalized spacial score (nSPS) is 18.6. The molecule has 0 radical (unpaired) electrons. The fourth-order valence-corrected chi connectivity index (χ4v) is 4.17. The predicted molar refractivity (Wildman–Crippen MR) is 75.5 cm³/mol. The molecule has 0 saturated carbocycles. The number of carboxylic acid groups (broad SMARTS) is 1. The fourth-order valence-electron chi connectivity index (χ4n) is 1.91. The summed E-state index contributed by atoms with van der Waals surface area (Å²) < 4.78 is 31.9. The number of carboxylic acids is 1. The number of sulfonamides is 1. The molecule has 114 valence electrons. The number of aryl methyl sites for hydroxylation is 1. The van der Waals surface area contributed by atoms with E-state index in [1.807, 2.05) is 0 Å². The summed E-state index contributed by atoms with van der Waals surface area (Å²) in [6.45, 7) is 1.74. The van der Waals surface area contributed by atoms with Gasteiger partial charge in [-0.3, -0.25) is 4.79 Å². The summed E-state index contributed by atoms with van der Waals surface area (Å²) in [5.74, 6) is -1.87. The molecule has 1 heterocycles. The van der Waals surface area contributed by atoms with Gasteiger partial charge in [0.1, 0.15) is 6.04 Å². The predicted octanol–water partition coefficient (Wildman–Crippen LogP) is 1.05. The topological polar surface area (TPSA) is 110 Å². The van der Waals surface area contributed by atoms with Crippen molar-refractivity contribution < 1.29 is 27.9 Å². The lowest BCUT2D eigenvalue weighted by Gasteiger charge is -2.13. The Morgan fingerprint density at radius 2 is 2.14 bits per heavy atom. The summed E-state index contributed by atoms with van der Waals surface area (Å²) in [7, 11) is -4.05. The number of halogens is 1. The lowest BCUT2D eigenvalue weighted by Crippen LogP contribution is -2.38. The summed E-state index contributed by atoms with van der Waals surface area (Å²) in [5, 5.41) is 9.01. The zero-order chi connectivity index (χ0) is 15.8. The molecule has 1 aliphatic rings. The van der Waals surface area contributed by atoms with Gasteiger partial charge in [-0.25, -0.2) is 13.2 Å². The molecule has 0 spiro atoms. The molecule has 1 aromatic rings. The Kier molecular flexibility index (Phi) is 4.35. The number of rotatable bonds is 4. The molecule has 2 rings (SSSR count). The Bertz CT molecular complexity index is 715. The van der Waals surface area contributed by atoms with Crippen LogP contribution in [0.3, 0.4) is 0 Å². The van der Waals surface area contributed by atoms with Crippen LogP contribution in [0.5, 0.6) is 0 Å². The third-order valence-corrected chi connectivity index (χ3v) is 5.80. The van der Waals surface area contributed by atoms with Crippen LogP contribution >= 0.6 is 15.9 Å². The minimum Gasteiger partial charge on any atom is -0.478 e. The van der Waals surface area contributed by atoms with Gasteiger partial charge >= 0.3 is 11.9 Å². The molecular formula is C12H12BrNO6S. The highest BCUT2D eigenvalue weighted by Crippen LogP contribution is 2.28. The van der Waals surface area contributed by atoms with Crippen LogP contribution in [0.25, 0.3) is 0 Å². The SMILES string of the molecule is Cc1cc(C(=O)O)cc(S(=O)(=O)NC2CCOC2=O)c1Br. The van der Waals surface area contributed by atoms with E-state index in [0.29, 0.717) is 5.56 Å².